The van der Waals surface area contributed by atoms with Gasteiger partial charge in [0.2, 0.25) is 0 Å². The van der Waals surface area contributed by atoms with Crippen molar-refractivity contribution >= 4 is 72.9 Å². The van der Waals surface area contributed by atoms with Gasteiger partial charge in [-0.2, -0.15) is 7.82 Å². The van der Waals surface area contributed by atoms with Crippen molar-refractivity contribution in [2.45, 2.75) is 34.4 Å². The molecule has 0 aromatic heterocycles. The number of hydrogen-bond acceptors (Lipinski definition) is 4. The molecule has 0 unspecified atom stereocenters. The van der Waals surface area contributed by atoms with Gasteiger partial charge in [0, 0.05) is 0 Å². The van der Waals surface area contributed by atoms with Crippen molar-refractivity contribution < 1.29 is 19.2 Å². The van der Waals surface area contributed by atoms with Gasteiger partial charge in [0.1, 0.15) is 0 Å². The zero-order valence-corrected chi connectivity index (χ0v) is 14.5. The molecular formula is C6H15Mg3O4P. The molecule has 0 spiro atoms. The Bertz CT molecular complexity index is 96.2. The predicted octanol–water partition coefficient (Wildman–Crippen LogP) is -1.05. The fourth-order valence-electron chi connectivity index (χ4n) is 0. The third-order valence-corrected chi connectivity index (χ3v) is 0. The molecule has 0 N–H and O–H groups in total. The molecule has 0 fully saturated rings. The molecule has 0 aliphatic carbocycles. The van der Waals surface area contributed by atoms with E-state index in [-0.39, 0.29) is 0 Å². The van der Waals surface area contributed by atoms with Gasteiger partial charge in [-0.15, -0.1) is 0 Å². The van der Waals surface area contributed by atoms with Gasteiger partial charge >= 0.3 is 99.5 Å². The monoisotopic (exact) mass is 254 g/mol. The van der Waals surface area contributed by atoms with Crippen molar-refractivity contribution in [2.75, 3.05) is 0 Å². The molecule has 0 bridgehead atoms. The average molecular weight is 255 g/mol. The first-order valence-electron chi connectivity index (χ1n) is 4.35. The summed E-state index contributed by atoms with van der Waals surface area (Å²) in [5.41, 5.74) is 0. The molecule has 0 rings (SSSR count). The van der Waals surface area contributed by atoms with E-state index in [0.717, 1.165) is 0 Å². The van der Waals surface area contributed by atoms with Crippen LogP contribution in [0.3, 0.4) is 0 Å². The molecule has 0 radical (unpaired) electrons. The van der Waals surface area contributed by atoms with Gasteiger partial charge in [0.15, 0.2) is 0 Å². The van der Waals surface area contributed by atoms with E-state index in [4.69, 9.17) is 19.2 Å². The van der Waals surface area contributed by atoms with E-state index in [0.29, 0.717) is 0 Å². The first kappa shape index (κ1) is 25.3. The van der Waals surface area contributed by atoms with Crippen molar-refractivity contribution in [2.24, 2.45) is 0 Å². The molecule has 0 aromatic rings. The summed E-state index contributed by atoms with van der Waals surface area (Å²) in [6.07, 6.45) is 0. The molecule has 0 atom stereocenters. The summed E-state index contributed by atoms with van der Waals surface area (Å²) in [5, 5.41) is 0. The summed E-state index contributed by atoms with van der Waals surface area (Å²) in [6.45, 7) is 6.41. The minimum Gasteiger partial charge on any atom is -0.822 e. The van der Waals surface area contributed by atoms with Gasteiger partial charge in [0.25, 0.3) is 0 Å². The van der Waals surface area contributed by atoms with Crippen LogP contribution in [0.4, 0.5) is 0 Å². The maximum absolute atomic E-state index is 8.55. The maximum atomic E-state index is 8.55. The van der Waals surface area contributed by atoms with E-state index in [9.17, 15) is 0 Å². The third-order valence-electron chi connectivity index (χ3n) is 0. The van der Waals surface area contributed by atoms with E-state index in [1.54, 1.807) is 0 Å². The number of hydrogen-bond donors (Lipinski definition) is 0. The number of rotatable bonds is 0. The maximum Gasteiger partial charge on any atom is -0.159 e. The standard InChI is InChI=1S/3C2H5.3Mg.H3O4P/c3*1-2;;;;1-5(2,3)4/h3*1H2,2H3;;;;(H3,1,2,3,4)/q;;;3*+1;/p-3. The zero-order valence-electron chi connectivity index (χ0n) is 9.32. The Kier molecular flexibility index (Phi) is 44.4. The topological polar surface area (TPSA) is 86.2 Å². The van der Waals surface area contributed by atoms with Crippen molar-refractivity contribution in [3.8, 4) is 0 Å². The van der Waals surface area contributed by atoms with Crippen molar-refractivity contribution in [3.63, 3.8) is 0 Å². The second-order valence-corrected chi connectivity index (χ2v) is 5.84. The summed E-state index contributed by atoms with van der Waals surface area (Å²) in [4.78, 5) is 25.6. The largest absolute Gasteiger partial charge is 0.822 e. The van der Waals surface area contributed by atoms with Crippen molar-refractivity contribution in [3.05, 3.63) is 0 Å². The normalized spacial score (nSPS) is 8.29. The Morgan fingerprint density at radius 1 is 0.857 bits per heavy atom. The van der Waals surface area contributed by atoms with Crippen LogP contribution in [-0.2, 0) is 4.57 Å². The fourth-order valence-corrected chi connectivity index (χ4v) is 0. The van der Waals surface area contributed by atoms with Gasteiger partial charge in [-0.25, -0.2) is 0 Å². The second kappa shape index (κ2) is 24.6. The Morgan fingerprint density at radius 3 is 0.857 bits per heavy atom. The van der Waals surface area contributed by atoms with Gasteiger partial charge in [-0.05, 0) is 0 Å². The minimum atomic E-state index is -5.39. The summed E-state index contributed by atoms with van der Waals surface area (Å²) in [6, 6.07) is 0. The molecule has 0 amide bonds. The molecule has 0 saturated carbocycles. The van der Waals surface area contributed by atoms with E-state index >= 15 is 0 Å². The average Bonchev–Trinajstić information content (AvgIpc) is 1.86. The van der Waals surface area contributed by atoms with Crippen LogP contribution >= 0.6 is 7.82 Å². The van der Waals surface area contributed by atoms with Gasteiger partial charge in [-0.3, -0.25) is 0 Å². The summed E-state index contributed by atoms with van der Waals surface area (Å²) >= 11 is 5.92. The quantitative estimate of drug-likeness (QED) is 0.408. The molecule has 0 aliphatic heterocycles. The first-order chi connectivity index (χ1) is 6.24. The fraction of sp³-hybridized carbons (Fsp3) is 1.00. The van der Waals surface area contributed by atoms with Crippen LogP contribution in [-0.4, -0.2) is 65.1 Å². The van der Waals surface area contributed by atoms with Crippen LogP contribution in [0.1, 0.15) is 20.8 Å². The molecule has 74 valence electrons. The molecule has 4 nitrogen and oxygen atoms in total. The molecule has 0 aromatic carbocycles. The van der Waals surface area contributed by atoms with E-state index < -0.39 is 7.82 Å². The molecule has 0 saturated heterocycles. The van der Waals surface area contributed by atoms with Crippen LogP contribution in [0.2, 0.25) is 13.7 Å². The van der Waals surface area contributed by atoms with E-state index in [1.165, 1.54) is 13.7 Å². The summed E-state index contributed by atoms with van der Waals surface area (Å²) < 4.78 is 12.4. The van der Waals surface area contributed by atoms with Crippen molar-refractivity contribution in [1.29, 1.82) is 0 Å². The Labute approximate surface area is 125 Å². The van der Waals surface area contributed by atoms with E-state index in [1.807, 2.05) is 65.1 Å². The van der Waals surface area contributed by atoms with E-state index in [2.05, 4.69) is 20.8 Å². The third kappa shape index (κ3) is 447. The Morgan fingerprint density at radius 2 is 0.857 bits per heavy atom. The van der Waals surface area contributed by atoms with Crippen LogP contribution in [0.5, 0.6) is 0 Å². The minimum absolute atomic E-state index is 1.28. The molecule has 0 aliphatic rings. The predicted molar refractivity (Wildman–Crippen MR) is 56.3 cm³/mol. The van der Waals surface area contributed by atoms with Crippen LogP contribution < -0.4 is 14.7 Å². The smallest absolute Gasteiger partial charge is 0.159 e. The first-order valence-corrected chi connectivity index (χ1v) is 8.81. The van der Waals surface area contributed by atoms with Gasteiger partial charge in [0.05, 0.1) is 0 Å². The molecule has 8 heteroatoms. The molecule has 14 heavy (non-hydrogen) atoms. The second-order valence-electron chi connectivity index (χ2n) is 1.95. The summed E-state index contributed by atoms with van der Waals surface area (Å²) in [5.74, 6) is 0. The molecular weight excluding hydrogens is 240 g/mol. The molecule has 0 heterocycles. The SMILES string of the molecule is C[CH2][Mg+].C[CH2][Mg+].C[CH2][Mg+].O=P([O-])([O-])[O-]. The number of phosphoric acid groups is 1. The zero-order chi connectivity index (χ0) is 12.6. The van der Waals surface area contributed by atoms with Gasteiger partial charge in [-0.1, -0.05) is 0 Å². The summed E-state index contributed by atoms with van der Waals surface area (Å²) in [7, 11) is -5.39. The van der Waals surface area contributed by atoms with Crippen LogP contribution in [0.15, 0.2) is 0 Å². The van der Waals surface area contributed by atoms with Crippen LogP contribution in [0.25, 0.3) is 0 Å². The Balaban J connectivity index is -0.0000000495. The van der Waals surface area contributed by atoms with Crippen LogP contribution in [0, 0.1) is 0 Å². The van der Waals surface area contributed by atoms with Gasteiger partial charge < -0.3 is 19.2 Å². The van der Waals surface area contributed by atoms with Crippen molar-refractivity contribution in [1.82, 2.24) is 0 Å². The Hall–Kier alpha value is 2.41.